The van der Waals surface area contributed by atoms with E-state index in [0.29, 0.717) is 6.10 Å². The molecule has 7 unspecified atom stereocenters. The van der Waals surface area contributed by atoms with Crippen molar-refractivity contribution in [1.82, 2.24) is 0 Å². The van der Waals surface area contributed by atoms with Crippen LogP contribution < -0.4 is 4.74 Å². The highest BCUT2D eigenvalue weighted by molar-refractivity contribution is 5.64. The molecule has 0 amide bonds. The number of fused-ring (bicyclic) bond motifs is 9. The molecule has 4 aliphatic carbocycles. The average Bonchev–Trinajstić information content (AvgIpc) is 3.42. The SMILES string of the molecule is C1=CC2CC1C1C3CC(Oc4cccc(-c5ccccc5)c4)C(C3)C21. The maximum absolute atomic E-state index is 6.56. The highest BCUT2D eigenvalue weighted by atomic mass is 16.5. The van der Waals surface area contributed by atoms with Crippen LogP contribution in [0.25, 0.3) is 11.1 Å². The van der Waals surface area contributed by atoms with E-state index in [1.54, 1.807) is 0 Å². The van der Waals surface area contributed by atoms with E-state index in [1.165, 1.54) is 30.4 Å². The summed E-state index contributed by atoms with van der Waals surface area (Å²) in [6, 6.07) is 19.3. The van der Waals surface area contributed by atoms with E-state index >= 15 is 0 Å². The van der Waals surface area contributed by atoms with Crippen LogP contribution in [0.1, 0.15) is 19.3 Å². The zero-order valence-corrected chi connectivity index (χ0v) is 14.4. The van der Waals surface area contributed by atoms with Crippen molar-refractivity contribution in [2.45, 2.75) is 25.4 Å². The zero-order chi connectivity index (χ0) is 16.4. The summed E-state index contributed by atoms with van der Waals surface area (Å²) < 4.78 is 6.56. The van der Waals surface area contributed by atoms with Crippen molar-refractivity contribution in [2.24, 2.45) is 35.5 Å². The van der Waals surface area contributed by atoms with Crippen LogP contribution in [0, 0.1) is 35.5 Å². The maximum Gasteiger partial charge on any atom is 0.120 e. The second-order valence-corrected chi connectivity index (χ2v) is 8.55. The van der Waals surface area contributed by atoms with E-state index in [-0.39, 0.29) is 0 Å². The van der Waals surface area contributed by atoms with Crippen LogP contribution in [0.3, 0.4) is 0 Å². The molecule has 25 heavy (non-hydrogen) atoms. The lowest BCUT2D eigenvalue weighted by molar-refractivity contribution is 0.0665. The van der Waals surface area contributed by atoms with Crippen molar-refractivity contribution in [2.75, 3.05) is 0 Å². The van der Waals surface area contributed by atoms with Gasteiger partial charge in [0, 0.05) is 0 Å². The fraction of sp³-hybridized carbons (Fsp3) is 0.417. The molecule has 6 rings (SSSR count). The van der Waals surface area contributed by atoms with Crippen molar-refractivity contribution < 1.29 is 4.74 Å². The van der Waals surface area contributed by atoms with Gasteiger partial charge in [0.25, 0.3) is 0 Å². The summed E-state index contributed by atoms with van der Waals surface area (Å²) in [6.07, 6.45) is 9.58. The van der Waals surface area contributed by atoms with Gasteiger partial charge in [0.2, 0.25) is 0 Å². The van der Waals surface area contributed by atoms with E-state index in [0.717, 1.165) is 41.3 Å². The first-order chi connectivity index (χ1) is 12.4. The molecule has 4 bridgehead atoms. The fourth-order valence-electron chi connectivity index (χ4n) is 6.65. The van der Waals surface area contributed by atoms with Crippen LogP contribution in [0.15, 0.2) is 66.7 Å². The van der Waals surface area contributed by atoms with Crippen LogP contribution >= 0.6 is 0 Å². The first-order valence-electron chi connectivity index (χ1n) is 9.87. The van der Waals surface area contributed by atoms with Gasteiger partial charge in [-0.2, -0.15) is 0 Å². The van der Waals surface area contributed by atoms with E-state index in [2.05, 4.69) is 66.7 Å². The molecule has 3 saturated carbocycles. The van der Waals surface area contributed by atoms with Gasteiger partial charge < -0.3 is 4.74 Å². The third-order valence-corrected chi connectivity index (χ3v) is 7.44. The Hall–Kier alpha value is -2.02. The Kier molecular flexibility index (Phi) is 2.97. The van der Waals surface area contributed by atoms with Gasteiger partial charge in [0.15, 0.2) is 0 Å². The van der Waals surface area contributed by atoms with Crippen molar-refractivity contribution in [3.63, 3.8) is 0 Å². The van der Waals surface area contributed by atoms with Crippen LogP contribution in [0.2, 0.25) is 0 Å². The highest BCUT2D eigenvalue weighted by Crippen LogP contribution is 2.65. The van der Waals surface area contributed by atoms with Gasteiger partial charge >= 0.3 is 0 Å². The maximum atomic E-state index is 6.56. The summed E-state index contributed by atoms with van der Waals surface area (Å²) in [6.45, 7) is 0. The minimum Gasteiger partial charge on any atom is -0.490 e. The standard InChI is InChI=1S/C24H24O/c1-2-5-15(6-3-1)16-7-4-8-20(12-16)25-22-14-19-13-21(22)24-18-10-9-17(11-18)23(19)24/h1-10,12,17-19,21-24H,11,13-14H2. The summed E-state index contributed by atoms with van der Waals surface area (Å²) in [5.74, 6) is 6.40. The zero-order valence-electron chi connectivity index (χ0n) is 14.4. The Morgan fingerprint density at radius 1 is 0.720 bits per heavy atom. The number of ether oxygens (including phenoxy) is 1. The molecule has 126 valence electrons. The van der Waals surface area contributed by atoms with Crippen LogP contribution in [-0.2, 0) is 0 Å². The molecule has 0 radical (unpaired) electrons. The van der Waals surface area contributed by atoms with Gasteiger partial charge in [-0.3, -0.25) is 0 Å². The van der Waals surface area contributed by atoms with Crippen molar-refractivity contribution in [3.05, 3.63) is 66.7 Å². The monoisotopic (exact) mass is 328 g/mol. The molecular formula is C24H24O. The smallest absolute Gasteiger partial charge is 0.120 e. The van der Waals surface area contributed by atoms with Crippen LogP contribution in [-0.4, -0.2) is 6.10 Å². The Balaban J connectivity index is 1.24. The summed E-state index contributed by atoms with van der Waals surface area (Å²) in [5.41, 5.74) is 2.51. The number of rotatable bonds is 3. The van der Waals surface area contributed by atoms with Crippen molar-refractivity contribution in [1.29, 1.82) is 0 Å². The van der Waals surface area contributed by atoms with E-state index < -0.39 is 0 Å². The number of benzene rings is 2. The third-order valence-electron chi connectivity index (χ3n) is 7.44. The molecule has 2 aromatic rings. The van der Waals surface area contributed by atoms with Crippen molar-refractivity contribution in [3.8, 4) is 16.9 Å². The first kappa shape index (κ1) is 14.2. The summed E-state index contributed by atoms with van der Waals surface area (Å²) >= 11 is 0. The molecule has 0 spiro atoms. The quantitative estimate of drug-likeness (QED) is 0.528. The molecule has 1 nitrogen and oxygen atoms in total. The highest BCUT2D eigenvalue weighted by Gasteiger charge is 2.61. The number of allylic oxidation sites excluding steroid dienone is 2. The van der Waals surface area contributed by atoms with Crippen molar-refractivity contribution >= 4 is 0 Å². The molecule has 3 fully saturated rings. The lowest BCUT2D eigenvalue weighted by Crippen LogP contribution is -2.36. The summed E-state index contributed by atoms with van der Waals surface area (Å²) in [7, 11) is 0. The summed E-state index contributed by atoms with van der Waals surface area (Å²) in [5, 5.41) is 0. The lowest BCUT2D eigenvalue weighted by atomic mass is 9.72. The molecule has 0 aliphatic heterocycles. The van der Waals surface area contributed by atoms with Crippen LogP contribution in [0.4, 0.5) is 0 Å². The topological polar surface area (TPSA) is 9.23 Å². The predicted octanol–water partition coefficient (Wildman–Crippen LogP) is 5.58. The Morgan fingerprint density at radius 2 is 1.52 bits per heavy atom. The number of hydrogen-bond acceptors (Lipinski definition) is 1. The van der Waals surface area contributed by atoms with Gasteiger partial charge in [-0.25, -0.2) is 0 Å². The Morgan fingerprint density at radius 3 is 2.40 bits per heavy atom. The van der Waals surface area contributed by atoms with Crippen LogP contribution in [0.5, 0.6) is 5.75 Å². The lowest BCUT2D eigenvalue weighted by Gasteiger charge is -2.36. The minimum atomic E-state index is 0.435. The second-order valence-electron chi connectivity index (χ2n) is 8.55. The Labute approximate surface area is 149 Å². The normalized spacial score (nSPS) is 39.8. The molecule has 0 N–H and O–H groups in total. The van der Waals surface area contributed by atoms with E-state index in [4.69, 9.17) is 4.74 Å². The first-order valence-corrected chi connectivity index (χ1v) is 9.87. The average molecular weight is 328 g/mol. The predicted molar refractivity (Wildman–Crippen MR) is 100 cm³/mol. The Bertz CT molecular complexity index is 823. The molecule has 0 heterocycles. The van der Waals surface area contributed by atoms with Gasteiger partial charge in [-0.05, 0) is 78.0 Å². The molecule has 4 aliphatic rings. The molecule has 7 atom stereocenters. The minimum absolute atomic E-state index is 0.435. The second kappa shape index (κ2) is 5.24. The molecular weight excluding hydrogens is 304 g/mol. The molecule has 0 aromatic heterocycles. The van der Waals surface area contributed by atoms with E-state index in [1.807, 2.05) is 0 Å². The summed E-state index contributed by atoms with van der Waals surface area (Å²) in [4.78, 5) is 0. The molecule has 1 heteroatoms. The van der Waals surface area contributed by atoms with E-state index in [9.17, 15) is 0 Å². The largest absolute Gasteiger partial charge is 0.490 e. The molecule has 0 saturated heterocycles. The van der Waals surface area contributed by atoms with Gasteiger partial charge in [-0.1, -0.05) is 54.6 Å². The fourth-order valence-corrected chi connectivity index (χ4v) is 6.65. The molecule has 2 aromatic carbocycles. The van der Waals surface area contributed by atoms with Gasteiger partial charge in [0.1, 0.15) is 11.9 Å². The number of hydrogen-bond donors (Lipinski definition) is 0. The van der Waals surface area contributed by atoms with Gasteiger partial charge in [-0.15, -0.1) is 0 Å². The third kappa shape index (κ3) is 2.08. The van der Waals surface area contributed by atoms with Gasteiger partial charge in [0.05, 0.1) is 0 Å².